The number of aromatic nitrogens is 6. The van der Waals surface area contributed by atoms with Crippen molar-refractivity contribution < 1.29 is 34.1 Å². The Labute approximate surface area is 277 Å². The van der Waals surface area contributed by atoms with Gasteiger partial charge in [-0.25, -0.2) is 19.0 Å². The van der Waals surface area contributed by atoms with Crippen LogP contribution < -0.4 is 0 Å². The first-order chi connectivity index (χ1) is 22.8. The summed E-state index contributed by atoms with van der Waals surface area (Å²) in [5.74, 6) is -0.728. The number of methoxy groups -OCH3 is 1. The summed E-state index contributed by atoms with van der Waals surface area (Å²) < 4.78 is 13.2. The zero-order valence-corrected chi connectivity index (χ0v) is 27.6. The number of aromatic hydroxyl groups is 1. The highest BCUT2D eigenvalue weighted by molar-refractivity contribution is 5.97. The minimum atomic E-state index is -1.09. The van der Waals surface area contributed by atoms with Gasteiger partial charge in [0.1, 0.15) is 22.7 Å². The molecule has 254 valence electrons. The summed E-state index contributed by atoms with van der Waals surface area (Å²) in [4.78, 5) is 41.9. The first-order valence-corrected chi connectivity index (χ1v) is 15.6. The van der Waals surface area contributed by atoms with Crippen LogP contribution in [0.4, 0.5) is 4.79 Å². The van der Waals surface area contributed by atoms with Gasteiger partial charge in [-0.1, -0.05) is 22.6 Å². The number of ether oxygens (including phenoxy) is 2. The summed E-state index contributed by atoms with van der Waals surface area (Å²) >= 11 is 0. The Morgan fingerprint density at radius 1 is 0.875 bits per heavy atom. The monoisotopic (exact) mass is 660 g/mol. The molecule has 0 spiro atoms. The van der Waals surface area contributed by atoms with Crippen molar-refractivity contribution in [1.29, 1.82) is 0 Å². The summed E-state index contributed by atoms with van der Waals surface area (Å²) in [6.07, 6.45) is 3.53. The molecule has 0 radical (unpaired) electrons. The number of carbonyl (C=O) groups excluding carboxylic acids is 3. The Kier molecular flexibility index (Phi) is 10.1. The highest BCUT2D eigenvalue weighted by atomic mass is 16.6. The third-order valence-electron chi connectivity index (χ3n) is 7.90. The van der Waals surface area contributed by atoms with E-state index < -0.39 is 30.3 Å². The largest absolute Gasteiger partial charge is 0.508 e. The average molecular weight is 661 g/mol. The number of aliphatic hydroxyl groups excluding tert-OH is 1. The van der Waals surface area contributed by atoms with Gasteiger partial charge in [0.15, 0.2) is 6.04 Å². The van der Waals surface area contributed by atoms with Crippen LogP contribution >= 0.6 is 0 Å². The van der Waals surface area contributed by atoms with Crippen LogP contribution in [-0.4, -0.2) is 113 Å². The van der Waals surface area contributed by atoms with Crippen LogP contribution in [-0.2, 0) is 20.7 Å². The first kappa shape index (κ1) is 34.0. The quantitative estimate of drug-likeness (QED) is 0.252. The zero-order valence-electron chi connectivity index (χ0n) is 27.6. The molecule has 1 aliphatic rings. The Morgan fingerprint density at radius 2 is 1.44 bits per heavy atom. The molecule has 15 heteroatoms. The number of benzene rings is 2. The number of nitrogens with zero attached hydrogens (tertiary/aromatic N) is 8. The number of carbonyl (C=O) groups is 3. The fourth-order valence-corrected chi connectivity index (χ4v) is 5.30. The number of esters is 1. The second kappa shape index (κ2) is 14.2. The van der Waals surface area contributed by atoms with Crippen LogP contribution in [0.15, 0.2) is 54.9 Å². The van der Waals surface area contributed by atoms with Gasteiger partial charge in [0.25, 0.3) is 5.91 Å². The summed E-state index contributed by atoms with van der Waals surface area (Å²) in [6, 6.07) is 11.1. The molecule has 2 aromatic carbocycles. The first-order valence-electron chi connectivity index (χ1n) is 15.6. The maximum absolute atomic E-state index is 13.9. The van der Waals surface area contributed by atoms with Gasteiger partial charge < -0.3 is 29.5 Å². The Balaban J connectivity index is 1.43. The predicted octanol–water partition coefficient (Wildman–Crippen LogP) is 3.11. The Hall–Kier alpha value is -5.31. The molecule has 0 aliphatic carbocycles. The van der Waals surface area contributed by atoms with E-state index >= 15 is 0 Å². The SMILES string of the molecule is COC(=O)[C@H](CO)n1cc(-c2cc(C(=O)N3CCN(C(=O)OC(C)(C)C)CC3)cc(-c3cn([C@H](C)Cc4ccc(O)cc4)nn3)c2)nn1. The molecule has 1 saturated heterocycles. The number of hydrogen-bond acceptors (Lipinski definition) is 11. The molecule has 1 aliphatic heterocycles. The van der Waals surface area contributed by atoms with E-state index in [1.165, 1.54) is 18.0 Å². The van der Waals surface area contributed by atoms with Crippen molar-refractivity contribution in [1.82, 2.24) is 39.8 Å². The number of hydrogen-bond donors (Lipinski definition) is 2. The maximum atomic E-state index is 13.9. The van der Waals surface area contributed by atoms with Crippen molar-refractivity contribution >= 4 is 18.0 Å². The number of amides is 2. The number of piperazine rings is 1. The van der Waals surface area contributed by atoms with Gasteiger partial charge in [0.05, 0.1) is 32.2 Å². The Bertz CT molecular complexity index is 1750. The molecular weight excluding hydrogens is 620 g/mol. The van der Waals surface area contributed by atoms with Crippen LogP contribution in [0.25, 0.3) is 22.5 Å². The van der Waals surface area contributed by atoms with E-state index in [0.29, 0.717) is 60.7 Å². The molecule has 0 bridgehead atoms. The normalized spacial score (nSPS) is 14.8. The Morgan fingerprint density at radius 3 is 2.00 bits per heavy atom. The summed E-state index contributed by atoms with van der Waals surface area (Å²) in [6.45, 7) is 8.17. The molecule has 1 fully saturated rings. The molecule has 5 rings (SSSR count). The third kappa shape index (κ3) is 7.97. The molecule has 0 saturated carbocycles. The lowest BCUT2D eigenvalue weighted by atomic mass is 10.0. The minimum Gasteiger partial charge on any atom is -0.508 e. The fourth-order valence-electron chi connectivity index (χ4n) is 5.30. The van der Waals surface area contributed by atoms with Gasteiger partial charge in [-0.2, -0.15) is 0 Å². The van der Waals surface area contributed by atoms with E-state index in [0.717, 1.165) is 5.56 Å². The number of phenolic OH excluding ortho intramolecular Hbond substituents is 1. The van der Waals surface area contributed by atoms with Crippen LogP contribution in [0.2, 0.25) is 0 Å². The molecule has 4 aromatic rings. The molecule has 48 heavy (non-hydrogen) atoms. The van der Waals surface area contributed by atoms with Crippen LogP contribution in [0.1, 0.15) is 55.7 Å². The van der Waals surface area contributed by atoms with E-state index in [1.807, 2.05) is 39.8 Å². The van der Waals surface area contributed by atoms with Crippen molar-refractivity contribution in [3.63, 3.8) is 0 Å². The summed E-state index contributed by atoms with van der Waals surface area (Å²) in [5, 5.41) is 36.4. The number of rotatable bonds is 9. The topological polar surface area (TPSA) is 178 Å². The van der Waals surface area contributed by atoms with Gasteiger partial charge >= 0.3 is 12.1 Å². The van der Waals surface area contributed by atoms with Gasteiger partial charge in [0, 0.05) is 42.9 Å². The average Bonchev–Trinajstić information content (AvgIpc) is 3.76. The van der Waals surface area contributed by atoms with Gasteiger partial charge in [-0.15, -0.1) is 10.2 Å². The van der Waals surface area contributed by atoms with Crippen molar-refractivity contribution in [3.8, 4) is 28.3 Å². The van der Waals surface area contributed by atoms with Crippen molar-refractivity contribution in [2.24, 2.45) is 0 Å². The van der Waals surface area contributed by atoms with Crippen LogP contribution in [0.5, 0.6) is 5.75 Å². The number of aliphatic hydroxyl groups is 1. The lowest BCUT2D eigenvalue weighted by Gasteiger charge is -2.35. The van der Waals surface area contributed by atoms with Crippen molar-refractivity contribution in [3.05, 3.63) is 66.0 Å². The fraction of sp³-hybridized carbons (Fsp3) is 0.424. The molecule has 0 unspecified atom stereocenters. The molecule has 15 nitrogen and oxygen atoms in total. The van der Waals surface area contributed by atoms with E-state index in [1.54, 1.807) is 51.0 Å². The maximum Gasteiger partial charge on any atom is 0.410 e. The predicted molar refractivity (Wildman–Crippen MR) is 173 cm³/mol. The standard InChI is InChI=1S/C33H40N8O7/c1-21(14-22-6-8-26(43)9-7-22)40-18-27(34-36-40)23-15-24(28-19-41(37-35-28)29(20-42)31(45)47-5)17-25(16-23)30(44)38-10-12-39(13-11-38)32(46)48-33(2,3)4/h6-9,15-19,21,29,42-43H,10-14,20H2,1-5H3/t21-,29+/m1/s1. The minimum absolute atomic E-state index is 0.0602. The van der Waals surface area contributed by atoms with Gasteiger partial charge in [-0.3, -0.25) is 4.79 Å². The van der Waals surface area contributed by atoms with Crippen molar-refractivity contribution in [2.45, 2.75) is 51.8 Å². The van der Waals surface area contributed by atoms with Gasteiger partial charge in [-0.05, 0) is 70.0 Å². The smallest absolute Gasteiger partial charge is 0.410 e. The van der Waals surface area contributed by atoms with Gasteiger partial charge in [0.2, 0.25) is 0 Å². The van der Waals surface area contributed by atoms with Crippen molar-refractivity contribution in [2.75, 3.05) is 39.9 Å². The summed E-state index contributed by atoms with van der Waals surface area (Å²) in [5.41, 5.74) is 2.78. The van der Waals surface area contributed by atoms with Crippen LogP contribution in [0.3, 0.4) is 0 Å². The van der Waals surface area contributed by atoms with E-state index in [2.05, 4.69) is 20.6 Å². The second-order valence-electron chi connectivity index (χ2n) is 12.7. The molecule has 2 amide bonds. The molecule has 3 heterocycles. The highest BCUT2D eigenvalue weighted by Crippen LogP contribution is 2.29. The van der Waals surface area contributed by atoms with E-state index in [9.17, 15) is 24.6 Å². The third-order valence-corrected chi connectivity index (χ3v) is 7.90. The number of phenols is 1. The molecule has 2 N–H and O–H groups in total. The zero-order chi connectivity index (χ0) is 34.6. The molecule has 2 aromatic heterocycles. The van der Waals surface area contributed by atoms with E-state index in [4.69, 9.17) is 9.47 Å². The highest BCUT2D eigenvalue weighted by Gasteiger charge is 2.29. The molecular formula is C33H40N8O7. The second-order valence-corrected chi connectivity index (χ2v) is 12.7. The van der Waals surface area contributed by atoms with E-state index in [-0.39, 0.29) is 17.7 Å². The lowest BCUT2D eigenvalue weighted by Crippen LogP contribution is -2.51. The molecule has 2 atom stereocenters. The summed E-state index contributed by atoms with van der Waals surface area (Å²) in [7, 11) is 1.22. The lowest BCUT2D eigenvalue weighted by molar-refractivity contribution is -0.146. The van der Waals surface area contributed by atoms with Crippen LogP contribution in [0, 0.1) is 0 Å².